The minimum absolute atomic E-state index is 0.0148. The number of aromatic amines is 1. The van der Waals surface area contributed by atoms with E-state index in [9.17, 15) is 4.79 Å². The first kappa shape index (κ1) is 16.7. The molecule has 4 nitrogen and oxygen atoms in total. The van der Waals surface area contributed by atoms with Gasteiger partial charge in [-0.2, -0.15) is 0 Å². The van der Waals surface area contributed by atoms with Gasteiger partial charge in [-0.1, -0.05) is 6.07 Å². The van der Waals surface area contributed by atoms with Gasteiger partial charge in [0, 0.05) is 41.5 Å². The fraction of sp³-hybridized carbons (Fsp3) is 0.263. The molecule has 0 saturated carbocycles. The number of hydrogen-bond donors (Lipinski definition) is 1. The standard InChI is InChI=1S/C19H21N3OS/c1-13-10-20-7-6-15(13)11-22(2)12-16-8-14-4-5-17(24-3)9-18(14)21-19(16)23/h4-10H,11-12H2,1-3H3,(H,21,23). The lowest BCUT2D eigenvalue weighted by Gasteiger charge is -2.17. The van der Waals surface area contributed by atoms with Gasteiger partial charge in [0.1, 0.15) is 0 Å². The lowest BCUT2D eigenvalue weighted by molar-refractivity contribution is 0.317. The molecule has 0 aliphatic heterocycles. The van der Waals surface area contributed by atoms with Gasteiger partial charge in [0.05, 0.1) is 0 Å². The molecule has 0 radical (unpaired) electrons. The molecule has 3 rings (SSSR count). The predicted octanol–water partition coefficient (Wildman–Crippen LogP) is 3.59. The van der Waals surface area contributed by atoms with Gasteiger partial charge in [-0.05, 0) is 61.0 Å². The molecule has 0 saturated heterocycles. The zero-order chi connectivity index (χ0) is 17.1. The first-order chi connectivity index (χ1) is 11.6. The summed E-state index contributed by atoms with van der Waals surface area (Å²) >= 11 is 1.67. The van der Waals surface area contributed by atoms with Crippen molar-refractivity contribution in [1.82, 2.24) is 14.9 Å². The van der Waals surface area contributed by atoms with Crippen LogP contribution in [0.5, 0.6) is 0 Å². The highest BCUT2D eigenvalue weighted by molar-refractivity contribution is 7.98. The molecule has 0 spiro atoms. The van der Waals surface area contributed by atoms with Gasteiger partial charge in [0.2, 0.25) is 0 Å². The van der Waals surface area contributed by atoms with Gasteiger partial charge in [-0.3, -0.25) is 14.7 Å². The first-order valence-corrected chi connectivity index (χ1v) is 9.07. The number of fused-ring (bicyclic) bond motifs is 1. The highest BCUT2D eigenvalue weighted by Crippen LogP contribution is 2.20. The van der Waals surface area contributed by atoms with Crippen LogP contribution in [0.1, 0.15) is 16.7 Å². The van der Waals surface area contributed by atoms with E-state index in [0.29, 0.717) is 6.54 Å². The molecule has 124 valence electrons. The minimum atomic E-state index is -0.0148. The van der Waals surface area contributed by atoms with Gasteiger partial charge in [0.25, 0.3) is 5.56 Å². The number of aryl methyl sites for hydroxylation is 1. The summed E-state index contributed by atoms with van der Waals surface area (Å²) in [5.74, 6) is 0. The second-order valence-corrected chi connectivity index (χ2v) is 6.93. The summed E-state index contributed by atoms with van der Waals surface area (Å²) < 4.78 is 0. The Balaban J connectivity index is 1.83. The Labute approximate surface area is 145 Å². The van der Waals surface area contributed by atoms with Crippen molar-refractivity contribution in [2.24, 2.45) is 0 Å². The summed E-state index contributed by atoms with van der Waals surface area (Å²) in [6, 6.07) is 10.2. The lowest BCUT2D eigenvalue weighted by atomic mass is 10.1. The lowest BCUT2D eigenvalue weighted by Crippen LogP contribution is -2.23. The third-order valence-electron chi connectivity index (χ3n) is 4.15. The van der Waals surface area contributed by atoms with Crippen LogP contribution in [-0.2, 0) is 13.1 Å². The van der Waals surface area contributed by atoms with Crippen LogP contribution in [0.4, 0.5) is 0 Å². The fourth-order valence-electron chi connectivity index (χ4n) is 2.79. The molecule has 2 aromatic heterocycles. The van der Waals surface area contributed by atoms with Crippen LogP contribution in [0.25, 0.3) is 10.9 Å². The van der Waals surface area contributed by atoms with E-state index in [4.69, 9.17) is 0 Å². The SMILES string of the molecule is CSc1ccc2cc(CN(C)Cc3ccncc3C)c(=O)[nH]c2c1. The van der Waals surface area contributed by atoms with Crippen molar-refractivity contribution in [1.29, 1.82) is 0 Å². The average molecular weight is 339 g/mol. The van der Waals surface area contributed by atoms with E-state index in [1.54, 1.807) is 11.8 Å². The molecule has 0 atom stereocenters. The number of nitrogens with one attached hydrogen (secondary N) is 1. The van der Waals surface area contributed by atoms with Gasteiger partial charge in [-0.15, -0.1) is 11.8 Å². The minimum Gasteiger partial charge on any atom is -0.322 e. The van der Waals surface area contributed by atoms with Crippen molar-refractivity contribution in [3.8, 4) is 0 Å². The number of aromatic nitrogens is 2. The molecule has 2 heterocycles. The van der Waals surface area contributed by atoms with E-state index in [2.05, 4.69) is 33.9 Å². The normalized spacial score (nSPS) is 11.3. The molecule has 0 aliphatic carbocycles. The first-order valence-electron chi connectivity index (χ1n) is 7.85. The van der Waals surface area contributed by atoms with E-state index in [1.165, 1.54) is 11.1 Å². The maximum absolute atomic E-state index is 12.4. The quantitative estimate of drug-likeness (QED) is 0.722. The highest BCUT2D eigenvalue weighted by Gasteiger charge is 2.08. The number of pyridine rings is 2. The number of hydrogen-bond acceptors (Lipinski definition) is 4. The van der Waals surface area contributed by atoms with Crippen molar-refractivity contribution in [3.05, 3.63) is 69.8 Å². The van der Waals surface area contributed by atoms with Crippen LogP contribution in [0, 0.1) is 6.92 Å². The molecule has 3 aromatic rings. The van der Waals surface area contributed by atoms with Crippen LogP contribution in [0.2, 0.25) is 0 Å². The molecular weight excluding hydrogens is 318 g/mol. The van der Waals surface area contributed by atoms with Crippen LogP contribution in [-0.4, -0.2) is 28.2 Å². The van der Waals surface area contributed by atoms with Crippen molar-refractivity contribution in [3.63, 3.8) is 0 Å². The Kier molecular flexibility index (Phi) is 5.02. The third kappa shape index (κ3) is 3.68. The maximum Gasteiger partial charge on any atom is 0.252 e. The van der Waals surface area contributed by atoms with E-state index >= 15 is 0 Å². The predicted molar refractivity (Wildman–Crippen MR) is 100 cm³/mol. The van der Waals surface area contributed by atoms with Crippen molar-refractivity contribution < 1.29 is 0 Å². The Morgan fingerprint density at radius 1 is 1.17 bits per heavy atom. The molecule has 1 N–H and O–H groups in total. The average Bonchev–Trinajstić information content (AvgIpc) is 2.57. The summed E-state index contributed by atoms with van der Waals surface area (Å²) in [6.45, 7) is 3.46. The van der Waals surface area contributed by atoms with Crippen molar-refractivity contribution >= 4 is 22.7 Å². The Bertz CT molecular complexity index is 920. The zero-order valence-corrected chi connectivity index (χ0v) is 15.0. The van der Waals surface area contributed by atoms with Crippen LogP contribution < -0.4 is 5.56 Å². The Morgan fingerprint density at radius 2 is 1.96 bits per heavy atom. The number of thioether (sulfide) groups is 1. The van der Waals surface area contributed by atoms with Crippen molar-refractivity contribution in [2.45, 2.75) is 24.9 Å². The molecule has 5 heteroatoms. The second kappa shape index (κ2) is 7.20. The number of nitrogens with zero attached hydrogens (tertiary/aromatic N) is 2. The molecule has 0 amide bonds. The molecular formula is C19H21N3OS. The summed E-state index contributed by atoms with van der Waals surface area (Å²) in [6.07, 6.45) is 5.71. The topological polar surface area (TPSA) is 49.0 Å². The van der Waals surface area contributed by atoms with E-state index in [-0.39, 0.29) is 5.56 Å². The number of benzene rings is 1. The largest absolute Gasteiger partial charge is 0.322 e. The van der Waals surface area contributed by atoms with Crippen LogP contribution in [0.3, 0.4) is 0 Å². The van der Waals surface area contributed by atoms with Gasteiger partial charge in [0.15, 0.2) is 0 Å². The Hall–Kier alpha value is -2.11. The number of H-pyrrole nitrogens is 1. The third-order valence-corrected chi connectivity index (χ3v) is 4.87. The summed E-state index contributed by atoms with van der Waals surface area (Å²) in [7, 11) is 2.03. The van der Waals surface area contributed by atoms with Gasteiger partial charge in [-0.25, -0.2) is 0 Å². The van der Waals surface area contributed by atoms with Gasteiger partial charge < -0.3 is 4.98 Å². The van der Waals surface area contributed by atoms with Crippen LogP contribution in [0.15, 0.2) is 52.4 Å². The zero-order valence-electron chi connectivity index (χ0n) is 14.2. The monoisotopic (exact) mass is 339 g/mol. The van der Waals surface area contributed by atoms with Gasteiger partial charge >= 0.3 is 0 Å². The fourth-order valence-corrected chi connectivity index (χ4v) is 3.23. The number of rotatable bonds is 5. The molecule has 0 unspecified atom stereocenters. The van der Waals surface area contributed by atoms with E-state index in [0.717, 1.165) is 27.9 Å². The summed E-state index contributed by atoms with van der Waals surface area (Å²) in [4.78, 5) is 22.8. The van der Waals surface area contributed by atoms with E-state index < -0.39 is 0 Å². The molecule has 1 aromatic carbocycles. The summed E-state index contributed by atoms with van der Waals surface area (Å²) in [5.41, 5.74) is 4.06. The Morgan fingerprint density at radius 3 is 2.71 bits per heavy atom. The summed E-state index contributed by atoms with van der Waals surface area (Å²) in [5, 5.41) is 1.07. The van der Waals surface area contributed by atoms with Crippen LogP contribution >= 0.6 is 11.8 Å². The molecule has 24 heavy (non-hydrogen) atoms. The van der Waals surface area contributed by atoms with Crippen molar-refractivity contribution in [2.75, 3.05) is 13.3 Å². The smallest absolute Gasteiger partial charge is 0.252 e. The van der Waals surface area contributed by atoms with E-state index in [1.807, 2.05) is 43.9 Å². The molecule has 0 aliphatic rings. The second-order valence-electron chi connectivity index (χ2n) is 6.05. The molecule has 0 fully saturated rings. The molecule has 0 bridgehead atoms. The maximum atomic E-state index is 12.4. The highest BCUT2D eigenvalue weighted by atomic mass is 32.2.